The fourth-order valence-corrected chi connectivity index (χ4v) is 2.63. The highest BCUT2D eigenvalue weighted by Gasteiger charge is 2.21. The predicted molar refractivity (Wildman–Crippen MR) is 64.7 cm³/mol. The van der Waals surface area contributed by atoms with Gasteiger partial charge in [-0.05, 0) is 32.7 Å². The Kier molecular flexibility index (Phi) is 3.90. The lowest BCUT2D eigenvalue weighted by atomic mass is 9.91. The van der Waals surface area contributed by atoms with Crippen LogP contribution in [0.2, 0.25) is 0 Å². The molecule has 2 rings (SSSR count). The summed E-state index contributed by atoms with van der Waals surface area (Å²) in [6, 6.07) is 0.954. The van der Waals surface area contributed by atoms with E-state index in [4.69, 9.17) is 0 Å². The van der Waals surface area contributed by atoms with Crippen molar-refractivity contribution in [1.29, 1.82) is 0 Å². The summed E-state index contributed by atoms with van der Waals surface area (Å²) in [5.74, 6) is 0.0235. The van der Waals surface area contributed by atoms with Crippen molar-refractivity contribution in [1.82, 2.24) is 15.6 Å². The van der Waals surface area contributed by atoms with E-state index in [0.29, 0.717) is 17.0 Å². The van der Waals surface area contributed by atoms with Gasteiger partial charge in [0, 0.05) is 12.1 Å². The van der Waals surface area contributed by atoms with Crippen LogP contribution in [0.15, 0.2) is 11.7 Å². The van der Waals surface area contributed by atoms with Crippen molar-refractivity contribution in [2.45, 2.75) is 37.8 Å². The molecule has 0 radical (unpaired) electrons. The molecule has 0 aromatic carbocycles. The number of rotatable bonds is 3. The van der Waals surface area contributed by atoms with Crippen LogP contribution in [-0.4, -0.2) is 30.0 Å². The van der Waals surface area contributed by atoms with Crippen LogP contribution in [0.3, 0.4) is 0 Å². The van der Waals surface area contributed by atoms with E-state index >= 15 is 0 Å². The molecule has 1 aliphatic carbocycles. The van der Waals surface area contributed by atoms with Gasteiger partial charge in [-0.15, -0.1) is 11.3 Å². The standard InChI is InChI=1S/C11H17N3OS/c1-12-8-2-4-9(5-3-8)14-11(15)10-6-13-7-16-10/h6-9,12H,2-5H2,1H3,(H,14,15). The Balaban J connectivity index is 1.81. The van der Waals surface area contributed by atoms with Crippen molar-refractivity contribution < 1.29 is 4.79 Å². The molecule has 1 aromatic heterocycles. The van der Waals surface area contributed by atoms with E-state index in [0.717, 1.165) is 25.7 Å². The van der Waals surface area contributed by atoms with Crippen molar-refractivity contribution >= 4 is 17.2 Å². The minimum Gasteiger partial charge on any atom is -0.349 e. The molecule has 1 amide bonds. The fourth-order valence-electron chi connectivity index (χ4n) is 2.11. The molecule has 0 atom stereocenters. The third kappa shape index (κ3) is 2.80. The van der Waals surface area contributed by atoms with E-state index in [1.807, 2.05) is 7.05 Å². The average Bonchev–Trinajstić information content (AvgIpc) is 2.83. The highest BCUT2D eigenvalue weighted by atomic mass is 32.1. The van der Waals surface area contributed by atoms with Gasteiger partial charge in [-0.3, -0.25) is 9.78 Å². The topological polar surface area (TPSA) is 54.0 Å². The Morgan fingerprint density at radius 3 is 2.62 bits per heavy atom. The van der Waals surface area contributed by atoms with Gasteiger partial charge in [0.1, 0.15) is 4.88 Å². The van der Waals surface area contributed by atoms with E-state index < -0.39 is 0 Å². The van der Waals surface area contributed by atoms with Crippen molar-refractivity contribution in [2.75, 3.05) is 7.05 Å². The molecule has 5 heteroatoms. The van der Waals surface area contributed by atoms with Gasteiger partial charge < -0.3 is 10.6 Å². The first-order chi connectivity index (χ1) is 7.79. The van der Waals surface area contributed by atoms with Gasteiger partial charge in [0.2, 0.25) is 0 Å². The molecule has 4 nitrogen and oxygen atoms in total. The Labute approximate surface area is 99.5 Å². The molecule has 16 heavy (non-hydrogen) atoms. The summed E-state index contributed by atoms with van der Waals surface area (Å²) in [4.78, 5) is 16.4. The van der Waals surface area contributed by atoms with Crippen molar-refractivity contribution in [2.24, 2.45) is 0 Å². The number of hydrogen-bond acceptors (Lipinski definition) is 4. The average molecular weight is 239 g/mol. The normalized spacial score (nSPS) is 25.3. The Bertz CT molecular complexity index is 331. The van der Waals surface area contributed by atoms with Gasteiger partial charge in [0.25, 0.3) is 5.91 Å². The summed E-state index contributed by atoms with van der Waals surface area (Å²) in [6.07, 6.45) is 6.04. The number of thiazole rings is 1. The first kappa shape index (κ1) is 11.5. The number of carbonyl (C=O) groups is 1. The van der Waals surface area contributed by atoms with Crippen molar-refractivity contribution in [3.05, 3.63) is 16.6 Å². The van der Waals surface area contributed by atoms with Crippen LogP contribution >= 0.6 is 11.3 Å². The number of amides is 1. The smallest absolute Gasteiger partial charge is 0.263 e. The zero-order valence-corrected chi connectivity index (χ0v) is 10.2. The van der Waals surface area contributed by atoms with Crippen LogP contribution in [0.25, 0.3) is 0 Å². The monoisotopic (exact) mass is 239 g/mol. The summed E-state index contributed by atoms with van der Waals surface area (Å²) in [6.45, 7) is 0. The second-order valence-electron chi connectivity index (χ2n) is 4.18. The van der Waals surface area contributed by atoms with Gasteiger partial charge in [-0.1, -0.05) is 0 Å². The maximum absolute atomic E-state index is 11.8. The van der Waals surface area contributed by atoms with Gasteiger partial charge in [0.15, 0.2) is 0 Å². The van der Waals surface area contributed by atoms with Crippen LogP contribution in [0.4, 0.5) is 0 Å². The van der Waals surface area contributed by atoms with Gasteiger partial charge in [0.05, 0.1) is 11.7 Å². The Morgan fingerprint density at radius 2 is 2.06 bits per heavy atom. The van der Waals surface area contributed by atoms with E-state index in [9.17, 15) is 4.79 Å². The van der Waals surface area contributed by atoms with Gasteiger partial charge >= 0.3 is 0 Å². The maximum atomic E-state index is 11.8. The highest BCUT2D eigenvalue weighted by molar-refractivity contribution is 7.11. The zero-order valence-electron chi connectivity index (χ0n) is 9.40. The lowest BCUT2D eigenvalue weighted by molar-refractivity contribution is 0.0928. The molecular formula is C11H17N3OS. The SMILES string of the molecule is CNC1CCC(NC(=O)c2cncs2)CC1. The molecule has 0 spiro atoms. The molecule has 0 aliphatic heterocycles. The number of nitrogens with zero attached hydrogens (tertiary/aromatic N) is 1. The summed E-state index contributed by atoms with van der Waals surface area (Å²) in [5.41, 5.74) is 1.69. The third-order valence-corrected chi connectivity index (χ3v) is 3.90. The summed E-state index contributed by atoms with van der Waals surface area (Å²) in [7, 11) is 2.00. The predicted octanol–water partition coefficient (Wildman–Crippen LogP) is 1.40. The molecule has 0 unspecified atom stereocenters. The molecule has 0 saturated heterocycles. The Hall–Kier alpha value is -0.940. The lowest BCUT2D eigenvalue weighted by Gasteiger charge is -2.28. The van der Waals surface area contributed by atoms with E-state index in [1.165, 1.54) is 11.3 Å². The highest BCUT2D eigenvalue weighted by Crippen LogP contribution is 2.19. The number of hydrogen-bond donors (Lipinski definition) is 2. The first-order valence-electron chi connectivity index (χ1n) is 5.66. The number of aromatic nitrogens is 1. The maximum Gasteiger partial charge on any atom is 0.263 e. The largest absolute Gasteiger partial charge is 0.349 e. The van der Waals surface area contributed by atoms with Gasteiger partial charge in [-0.25, -0.2) is 0 Å². The van der Waals surface area contributed by atoms with E-state index in [2.05, 4.69) is 15.6 Å². The van der Waals surface area contributed by atoms with Gasteiger partial charge in [-0.2, -0.15) is 0 Å². The first-order valence-corrected chi connectivity index (χ1v) is 6.54. The van der Waals surface area contributed by atoms with E-state index in [1.54, 1.807) is 11.7 Å². The quantitative estimate of drug-likeness (QED) is 0.838. The zero-order chi connectivity index (χ0) is 11.4. The van der Waals surface area contributed by atoms with Crippen LogP contribution < -0.4 is 10.6 Å². The lowest BCUT2D eigenvalue weighted by Crippen LogP contribution is -2.41. The molecule has 1 saturated carbocycles. The molecule has 2 N–H and O–H groups in total. The minimum absolute atomic E-state index is 0.0235. The molecule has 1 fully saturated rings. The van der Waals surface area contributed by atoms with Crippen molar-refractivity contribution in [3.8, 4) is 0 Å². The summed E-state index contributed by atoms with van der Waals surface area (Å²) in [5, 5.41) is 6.35. The second-order valence-corrected chi connectivity index (χ2v) is 5.06. The van der Waals surface area contributed by atoms with E-state index in [-0.39, 0.29) is 5.91 Å². The molecule has 1 aromatic rings. The molecular weight excluding hydrogens is 222 g/mol. The van der Waals surface area contributed by atoms with Crippen LogP contribution in [0, 0.1) is 0 Å². The fraction of sp³-hybridized carbons (Fsp3) is 0.636. The molecule has 1 heterocycles. The second kappa shape index (κ2) is 5.41. The van der Waals surface area contributed by atoms with Crippen LogP contribution in [0.1, 0.15) is 35.4 Å². The van der Waals surface area contributed by atoms with Crippen LogP contribution in [-0.2, 0) is 0 Å². The molecule has 0 bridgehead atoms. The minimum atomic E-state index is 0.0235. The Morgan fingerprint density at radius 1 is 1.38 bits per heavy atom. The van der Waals surface area contributed by atoms with Crippen molar-refractivity contribution in [3.63, 3.8) is 0 Å². The summed E-state index contributed by atoms with van der Waals surface area (Å²) >= 11 is 1.39. The number of nitrogens with one attached hydrogen (secondary N) is 2. The molecule has 1 aliphatic rings. The molecule has 88 valence electrons. The number of carbonyl (C=O) groups excluding carboxylic acids is 1. The summed E-state index contributed by atoms with van der Waals surface area (Å²) < 4.78 is 0. The van der Waals surface area contributed by atoms with Crippen LogP contribution in [0.5, 0.6) is 0 Å². The third-order valence-electron chi connectivity index (χ3n) is 3.13.